The first-order chi connectivity index (χ1) is 6.87. The number of aliphatic hydroxyl groups is 1. The van der Waals surface area contributed by atoms with Gasteiger partial charge in [0.15, 0.2) is 5.82 Å². The Hall–Kier alpha value is -1.01. The summed E-state index contributed by atoms with van der Waals surface area (Å²) in [6.45, 7) is 6.70. The summed E-state index contributed by atoms with van der Waals surface area (Å²) >= 11 is 0. The summed E-state index contributed by atoms with van der Waals surface area (Å²) in [5.74, 6) is 0.570. The predicted molar refractivity (Wildman–Crippen MR) is 56.3 cm³/mol. The molecule has 1 unspecified atom stereocenters. The van der Waals surface area contributed by atoms with Gasteiger partial charge in [-0.05, 0) is 26.0 Å². The van der Waals surface area contributed by atoms with Crippen LogP contribution in [-0.4, -0.2) is 43.5 Å². The van der Waals surface area contributed by atoms with Crippen LogP contribution < -0.4 is 5.32 Å². The SMILES string of the molecule is Cn1nnc(CC(O)CNC(C)(C)C)n1. The summed E-state index contributed by atoms with van der Waals surface area (Å²) in [6, 6.07) is 0. The monoisotopic (exact) mass is 213 g/mol. The zero-order valence-electron chi connectivity index (χ0n) is 9.73. The molecule has 1 heterocycles. The van der Waals surface area contributed by atoms with E-state index in [0.717, 1.165) is 0 Å². The van der Waals surface area contributed by atoms with Gasteiger partial charge in [-0.15, -0.1) is 10.2 Å². The van der Waals surface area contributed by atoms with E-state index in [1.54, 1.807) is 7.05 Å². The van der Waals surface area contributed by atoms with Crippen molar-refractivity contribution in [2.75, 3.05) is 6.54 Å². The van der Waals surface area contributed by atoms with Gasteiger partial charge in [0.2, 0.25) is 0 Å². The van der Waals surface area contributed by atoms with Crippen molar-refractivity contribution < 1.29 is 5.11 Å². The number of aromatic nitrogens is 4. The highest BCUT2D eigenvalue weighted by Crippen LogP contribution is 2.00. The Labute approximate surface area is 89.7 Å². The van der Waals surface area contributed by atoms with Crippen molar-refractivity contribution in [1.29, 1.82) is 0 Å². The summed E-state index contributed by atoms with van der Waals surface area (Å²) < 4.78 is 0. The molecule has 1 aromatic rings. The van der Waals surface area contributed by atoms with Crippen LogP contribution in [0.25, 0.3) is 0 Å². The quantitative estimate of drug-likeness (QED) is 0.705. The van der Waals surface area contributed by atoms with Gasteiger partial charge < -0.3 is 10.4 Å². The fourth-order valence-corrected chi connectivity index (χ4v) is 1.11. The average molecular weight is 213 g/mol. The van der Waals surface area contributed by atoms with Gasteiger partial charge in [0.1, 0.15) is 0 Å². The maximum absolute atomic E-state index is 9.70. The zero-order valence-corrected chi connectivity index (χ0v) is 9.73. The van der Waals surface area contributed by atoms with Gasteiger partial charge in [0, 0.05) is 18.5 Å². The minimum atomic E-state index is -0.478. The molecule has 0 fully saturated rings. The predicted octanol–water partition coefficient (Wildman–Crippen LogP) is -0.498. The minimum Gasteiger partial charge on any atom is -0.391 e. The zero-order chi connectivity index (χ0) is 11.5. The summed E-state index contributed by atoms with van der Waals surface area (Å²) in [6.07, 6.45) is -0.0508. The van der Waals surface area contributed by atoms with Gasteiger partial charge >= 0.3 is 0 Å². The van der Waals surface area contributed by atoms with Crippen molar-refractivity contribution in [3.8, 4) is 0 Å². The van der Waals surface area contributed by atoms with Crippen molar-refractivity contribution in [1.82, 2.24) is 25.5 Å². The highest BCUT2D eigenvalue weighted by atomic mass is 16.3. The number of nitrogens with one attached hydrogen (secondary N) is 1. The van der Waals surface area contributed by atoms with Crippen LogP contribution in [-0.2, 0) is 13.5 Å². The lowest BCUT2D eigenvalue weighted by atomic mass is 10.1. The van der Waals surface area contributed by atoms with E-state index in [2.05, 4.69) is 41.5 Å². The molecule has 86 valence electrons. The van der Waals surface area contributed by atoms with Gasteiger partial charge in [-0.2, -0.15) is 4.80 Å². The molecule has 6 nitrogen and oxygen atoms in total. The Morgan fingerprint density at radius 3 is 2.60 bits per heavy atom. The number of aryl methyl sites for hydroxylation is 1. The maximum Gasteiger partial charge on any atom is 0.177 e. The van der Waals surface area contributed by atoms with Gasteiger partial charge in [0.25, 0.3) is 0 Å². The van der Waals surface area contributed by atoms with Crippen molar-refractivity contribution in [2.45, 2.75) is 38.8 Å². The highest BCUT2D eigenvalue weighted by molar-refractivity contribution is 4.83. The Morgan fingerprint density at radius 2 is 2.13 bits per heavy atom. The molecule has 0 saturated carbocycles. The third kappa shape index (κ3) is 4.85. The number of hydrogen-bond donors (Lipinski definition) is 2. The molecule has 15 heavy (non-hydrogen) atoms. The lowest BCUT2D eigenvalue weighted by Gasteiger charge is -2.22. The number of rotatable bonds is 4. The van der Waals surface area contributed by atoms with E-state index in [1.807, 2.05) is 0 Å². The van der Waals surface area contributed by atoms with Crippen LogP contribution in [0.1, 0.15) is 26.6 Å². The second-order valence-electron chi connectivity index (χ2n) is 4.68. The van der Waals surface area contributed by atoms with Crippen LogP contribution in [0.3, 0.4) is 0 Å². The second kappa shape index (κ2) is 4.67. The van der Waals surface area contributed by atoms with Crippen LogP contribution in [0.4, 0.5) is 0 Å². The topological polar surface area (TPSA) is 75.9 Å². The van der Waals surface area contributed by atoms with Crippen molar-refractivity contribution in [3.05, 3.63) is 5.82 Å². The average Bonchev–Trinajstić information content (AvgIpc) is 2.47. The number of tetrazole rings is 1. The molecule has 0 aromatic carbocycles. The van der Waals surface area contributed by atoms with Crippen molar-refractivity contribution >= 4 is 0 Å². The van der Waals surface area contributed by atoms with Gasteiger partial charge in [0.05, 0.1) is 13.2 Å². The Morgan fingerprint density at radius 1 is 1.47 bits per heavy atom. The summed E-state index contributed by atoms with van der Waals surface area (Å²) in [4.78, 5) is 1.39. The Kier molecular flexibility index (Phi) is 3.76. The van der Waals surface area contributed by atoms with E-state index >= 15 is 0 Å². The van der Waals surface area contributed by atoms with E-state index in [4.69, 9.17) is 0 Å². The van der Waals surface area contributed by atoms with Crippen LogP contribution in [0.15, 0.2) is 0 Å². The molecule has 1 atom stereocenters. The fraction of sp³-hybridized carbons (Fsp3) is 0.889. The normalized spacial score (nSPS) is 14.2. The number of aliphatic hydroxyl groups excluding tert-OH is 1. The molecule has 1 aromatic heterocycles. The summed E-state index contributed by atoms with van der Waals surface area (Å²) in [7, 11) is 1.70. The second-order valence-corrected chi connectivity index (χ2v) is 4.68. The van der Waals surface area contributed by atoms with Gasteiger partial charge in [-0.25, -0.2) is 0 Å². The number of β-amino-alcohol motifs (C(OH)–C–C–N with tert-alkyl or cyclic N) is 1. The van der Waals surface area contributed by atoms with E-state index in [0.29, 0.717) is 18.8 Å². The maximum atomic E-state index is 9.70. The van der Waals surface area contributed by atoms with Crippen molar-refractivity contribution in [3.63, 3.8) is 0 Å². The molecule has 0 aliphatic rings. The molecule has 2 N–H and O–H groups in total. The van der Waals surface area contributed by atoms with Gasteiger partial charge in [-0.3, -0.25) is 0 Å². The molecule has 0 amide bonds. The molecular formula is C9H19N5O. The third-order valence-corrected chi connectivity index (χ3v) is 1.84. The van der Waals surface area contributed by atoms with E-state index in [9.17, 15) is 5.11 Å². The minimum absolute atomic E-state index is 0.0107. The van der Waals surface area contributed by atoms with Crippen LogP contribution in [0, 0.1) is 0 Å². The lowest BCUT2D eigenvalue weighted by Crippen LogP contribution is -2.41. The fourth-order valence-electron chi connectivity index (χ4n) is 1.11. The van der Waals surface area contributed by atoms with Crippen LogP contribution in [0.5, 0.6) is 0 Å². The molecule has 0 radical (unpaired) electrons. The molecule has 1 rings (SSSR count). The Balaban J connectivity index is 2.33. The first-order valence-electron chi connectivity index (χ1n) is 5.03. The van der Waals surface area contributed by atoms with Crippen LogP contribution >= 0.6 is 0 Å². The van der Waals surface area contributed by atoms with Crippen LogP contribution in [0.2, 0.25) is 0 Å². The first kappa shape index (κ1) is 12.1. The standard InChI is InChI=1S/C9H19N5O/c1-9(2,3)10-6-7(15)5-8-11-13-14(4)12-8/h7,10,15H,5-6H2,1-4H3. The molecule has 0 aliphatic heterocycles. The number of nitrogens with zero attached hydrogens (tertiary/aromatic N) is 4. The Bertz CT molecular complexity index is 304. The molecular weight excluding hydrogens is 194 g/mol. The summed E-state index contributed by atoms with van der Waals surface area (Å²) in [5, 5.41) is 24.4. The molecule has 0 aliphatic carbocycles. The van der Waals surface area contributed by atoms with E-state index < -0.39 is 6.10 Å². The van der Waals surface area contributed by atoms with E-state index in [1.165, 1.54) is 4.80 Å². The molecule has 0 spiro atoms. The summed E-state index contributed by atoms with van der Waals surface area (Å²) in [5.41, 5.74) is 0.0107. The largest absolute Gasteiger partial charge is 0.391 e. The third-order valence-electron chi connectivity index (χ3n) is 1.84. The lowest BCUT2D eigenvalue weighted by molar-refractivity contribution is 0.158. The first-order valence-corrected chi connectivity index (χ1v) is 5.03. The number of hydrogen-bond acceptors (Lipinski definition) is 5. The molecule has 0 saturated heterocycles. The molecule has 0 bridgehead atoms. The van der Waals surface area contributed by atoms with E-state index in [-0.39, 0.29) is 5.54 Å². The van der Waals surface area contributed by atoms with Crippen molar-refractivity contribution in [2.24, 2.45) is 7.05 Å². The molecule has 6 heteroatoms. The highest BCUT2D eigenvalue weighted by Gasteiger charge is 2.14. The van der Waals surface area contributed by atoms with Gasteiger partial charge in [-0.1, -0.05) is 0 Å². The smallest absolute Gasteiger partial charge is 0.177 e.